The summed E-state index contributed by atoms with van der Waals surface area (Å²) in [5.74, 6) is 0. The van der Waals surface area contributed by atoms with Crippen molar-refractivity contribution in [3.8, 4) is 12.8 Å². The molecule has 2 rings (SSSR count). The smallest absolute Gasteiger partial charge is 0.150 e. The Kier molecular flexibility index (Phi) is 9.34. The first-order valence-corrected chi connectivity index (χ1v) is 6.11. The van der Waals surface area contributed by atoms with Crippen LogP contribution in [0.2, 0.25) is 0 Å². The van der Waals surface area contributed by atoms with E-state index in [1.54, 1.807) is 0 Å². The van der Waals surface area contributed by atoms with Crippen LogP contribution in [0.25, 0.3) is 0 Å². The van der Waals surface area contributed by atoms with Gasteiger partial charge in [0.25, 0.3) is 0 Å². The van der Waals surface area contributed by atoms with Gasteiger partial charge in [0.2, 0.25) is 0 Å². The third-order valence-electron chi connectivity index (χ3n) is 2.41. The van der Waals surface area contributed by atoms with E-state index < -0.39 is 0 Å². The summed E-state index contributed by atoms with van der Waals surface area (Å²) < 4.78 is 5.27. The van der Waals surface area contributed by atoms with Crippen LogP contribution in [0.3, 0.4) is 0 Å². The minimum absolute atomic E-state index is 0.724. The highest BCUT2D eigenvalue weighted by Gasteiger charge is 2.10. The Morgan fingerprint density at radius 3 is 2.06 bits per heavy atom. The van der Waals surface area contributed by atoms with E-state index in [2.05, 4.69) is 17.7 Å². The number of nitrogens with zero attached hydrogens (tertiary/aromatic N) is 1. The van der Waals surface area contributed by atoms with E-state index in [1.165, 1.54) is 5.69 Å². The van der Waals surface area contributed by atoms with Crippen LogP contribution < -0.4 is 4.90 Å². The van der Waals surface area contributed by atoms with Gasteiger partial charge in [-0.15, -0.1) is 12.8 Å². The van der Waals surface area contributed by atoms with Crippen molar-refractivity contribution >= 4 is 12.0 Å². The van der Waals surface area contributed by atoms with Crippen molar-refractivity contribution < 1.29 is 9.53 Å². The third kappa shape index (κ3) is 5.03. The molecule has 1 aliphatic rings. The van der Waals surface area contributed by atoms with Gasteiger partial charge >= 0.3 is 0 Å². The molecule has 0 atom stereocenters. The molecular weight excluding hydrogens is 226 g/mol. The molecule has 3 heteroatoms. The Labute approximate surface area is 110 Å². The second-order valence-corrected chi connectivity index (χ2v) is 3.31. The second kappa shape index (κ2) is 10.4. The van der Waals surface area contributed by atoms with Gasteiger partial charge in [0.05, 0.1) is 13.2 Å². The molecule has 1 aliphatic heterocycles. The summed E-state index contributed by atoms with van der Waals surface area (Å²) in [7, 11) is 0. The van der Waals surface area contributed by atoms with Crippen LogP contribution in [-0.4, -0.2) is 32.6 Å². The molecule has 1 aromatic rings. The fraction of sp³-hybridized carbons (Fsp3) is 0.400. The normalized spacial score (nSPS) is 13.4. The Hall–Kier alpha value is -1.79. The number of carbonyl (C=O) groups is 1. The molecule has 1 heterocycles. The lowest BCUT2D eigenvalue weighted by molar-refractivity contribution is 0.112. The molecule has 3 nitrogen and oxygen atoms in total. The molecule has 98 valence electrons. The van der Waals surface area contributed by atoms with Crippen molar-refractivity contribution in [3.05, 3.63) is 29.8 Å². The van der Waals surface area contributed by atoms with E-state index >= 15 is 0 Å². The van der Waals surface area contributed by atoms with Crippen molar-refractivity contribution in [2.45, 2.75) is 13.8 Å². The summed E-state index contributed by atoms with van der Waals surface area (Å²) in [5, 5.41) is 0. The highest BCUT2D eigenvalue weighted by atomic mass is 16.5. The summed E-state index contributed by atoms with van der Waals surface area (Å²) in [6, 6.07) is 7.65. The quantitative estimate of drug-likeness (QED) is 0.594. The predicted octanol–water partition coefficient (Wildman–Crippen LogP) is 2.61. The van der Waals surface area contributed by atoms with Crippen LogP contribution in [0, 0.1) is 12.8 Å². The molecule has 1 saturated heterocycles. The Morgan fingerprint density at radius 2 is 1.61 bits per heavy atom. The van der Waals surface area contributed by atoms with Crippen LogP contribution in [-0.2, 0) is 4.74 Å². The summed E-state index contributed by atoms with van der Waals surface area (Å²) >= 11 is 0. The Balaban J connectivity index is 0.000000659. The van der Waals surface area contributed by atoms with Crippen LogP contribution in [0.1, 0.15) is 24.2 Å². The number of hydrogen-bond acceptors (Lipinski definition) is 3. The maximum atomic E-state index is 10.5. The number of morpholine rings is 1. The molecule has 0 radical (unpaired) electrons. The highest BCUT2D eigenvalue weighted by Crippen LogP contribution is 2.15. The molecule has 0 N–H and O–H groups in total. The number of benzene rings is 1. The van der Waals surface area contributed by atoms with Gasteiger partial charge in [0.15, 0.2) is 0 Å². The van der Waals surface area contributed by atoms with Crippen LogP contribution >= 0.6 is 0 Å². The van der Waals surface area contributed by atoms with E-state index in [4.69, 9.17) is 4.74 Å². The SMILES string of the molecule is C#C.CC.O=Cc1ccc(N2CCOCC2)cc1. The monoisotopic (exact) mass is 247 g/mol. The molecule has 0 aromatic heterocycles. The minimum atomic E-state index is 0.724. The van der Waals surface area contributed by atoms with Gasteiger partial charge in [-0.1, -0.05) is 13.8 Å². The maximum Gasteiger partial charge on any atom is 0.150 e. The summed E-state index contributed by atoms with van der Waals surface area (Å²) in [6.45, 7) is 7.44. The third-order valence-corrected chi connectivity index (χ3v) is 2.41. The summed E-state index contributed by atoms with van der Waals surface area (Å²) in [4.78, 5) is 12.7. The maximum absolute atomic E-state index is 10.5. The van der Waals surface area contributed by atoms with Gasteiger partial charge in [-0.2, -0.15) is 0 Å². The largest absolute Gasteiger partial charge is 0.378 e. The lowest BCUT2D eigenvalue weighted by atomic mass is 10.2. The first-order chi connectivity index (χ1) is 8.90. The predicted molar refractivity (Wildman–Crippen MR) is 76.1 cm³/mol. The molecule has 0 amide bonds. The number of carbonyl (C=O) groups excluding carboxylic acids is 1. The van der Waals surface area contributed by atoms with E-state index in [0.29, 0.717) is 0 Å². The van der Waals surface area contributed by atoms with E-state index in [9.17, 15) is 4.79 Å². The average molecular weight is 247 g/mol. The fourth-order valence-corrected chi connectivity index (χ4v) is 1.59. The molecule has 0 aliphatic carbocycles. The van der Waals surface area contributed by atoms with Crippen molar-refractivity contribution in [2.75, 3.05) is 31.2 Å². The molecule has 1 aromatic carbocycles. The van der Waals surface area contributed by atoms with Crippen molar-refractivity contribution in [1.82, 2.24) is 0 Å². The number of rotatable bonds is 2. The average Bonchev–Trinajstić information content (AvgIpc) is 2.52. The Morgan fingerprint density at radius 1 is 1.11 bits per heavy atom. The standard InChI is InChI=1S/C11H13NO2.C2H6.C2H2/c13-9-10-1-3-11(4-2-10)12-5-7-14-8-6-12;2*1-2/h1-4,9H,5-8H2;1-2H3;1-2H. The van der Waals surface area contributed by atoms with Crippen molar-refractivity contribution in [2.24, 2.45) is 0 Å². The van der Waals surface area contributed by atoms with Gasteiger partial charge < -0.3 is 9.64 Å². The molecule has 0 bridgehead atoms. The van der Waals surface area contributed by atoms with Crippen LogP contribution in [0.4, 0.5) is 5.69 Å². The molecular formula is C15H21NO2. The van der Waals surface area contributed by atoms with Crippen molar-refractivity contribution in [3.63, 3.8) is 0 Å². The zero-order valence-electron chi connectivity index (χ0n) is 11.1. The zero-order valence-corrected chi connectivity index (χ0v) is 11.1. The molecule has 1 fully saturated rings. The van der Waals surface area contributed by atoms with Gasteiger partial charge in [-0.25, -0.2) is 0 Å². The number of anilines is 1. The minimum Gasteiger partial charge on any atom is -0.378 e. The van der Waals surface area contributed by atoms with Gasteiger partial charge in [-0.3, -0.25) is 4.79 Å². The van der Waals surface area contributed by atoms with E-state index in [1.807, 2.05) is 38.1 Å². The van der Waals surface area contributed by atoms with Crippen LogP contribution in [0.5, 0.6) is 0 Å². The molecule has 0 saturated carbocycles. The summed E-state index contributed by atoms with van der Waals surface area (Å²) in [6.07, 6.45) is 8.86. The molecule has 0 spiro atoms. The zero-order chi connectivity index (χ0) is 13.8. The second-order valence-electron chi connectivity index (χ2n) is 3.31. The van der Waals surface area contributed by atoms with Gasteiger partial charge in [0.1, 0.15) is 6.29 Å². The lowest BCUT2D eigenvalue weighted by Crippen LogP contribution is -2.36. The fourth-order valence-electron chi connectivity index (χ4n) is 1.59. The number of hydrogen-bond donors (Lipinski definition) is 0. The lowest BCUT2D eigenvalue weighted by Gasteiger charge is -2.28. The van der Waals surface area contributed by atoms with E-state index in [0.717, 1.165) is 38.2 Å². The van der Waals surface area contributed by atoms with Gasteiger partial charge in [-0.05, 0) is 24.3 Å². The topological polar surface area (TPSA) is 29.5 Å². The van der Waals surface area contributed by atoms with Crippen LogP contribution in [0.15, 0.2) is 24.3 Å². The highest BCUT2D eigenvalue weighted by molar-refractivity contribution is 5.75. The number of aldehydes is 1. The first kappa shape index (κ1) is 16.2. The number of ether oxygens (including phenoxy) is 1. The molecule has 0 unspecified atom stereocenters. The van der Waals surface area contributed by atoms with Crippen molar-refractivity contribution in [1.29, 1.82) is 0 Å². The summed E-state index contributed by atoms with van der Waals surface area (Å²) in [5.41, 5.74) is 1.89. The van der Waals surface area contributed by atoms with E-state index in [-0.39, 0.29) is 0 Å². The number of terminal acetylenes is 1. The molecule has 18 heavy (non-hydrogen) atoms. The Bertz CT molecular complexity index is 337. The first-order valence-electron chi connectivity index (χ1n) is 6.11. The van der Waals surface area contributed by atoms with Gasteiger partial charge in [0, 0.05) is 24.3 Å².